The van der Waals surface area contributed by atoms with Crippen molar-refractivity contribution in [2.24, 2.45) is 0 Å². The summed E-state index contributed by atoms with van der Waals surface area (Å²) in [5.41, 5.74) is -0.517. The molecule has 1 aliphatic rings. The number of ether oxygens (including phenoxy) is 2. The van der Waals surface area contributed by atoms with E-state index in [-0.39, 0.29) is 12.2 Å². The highest BCUT2D eigenvalue weighted by molar-refractivity contribution is 6.06. The Morgan fingerprint density at radius 1 is 0.839 bits per heavy atom. The van der Waals surface area contributed by atoms with Crippen molar-refractivity contribution >= 4 is 11.6 Å². The van der Waals surface area contributed by atoms with Crippen molar-refractivity contribution in [3.8, 4) is 17.2 Å². The summed E-state index contributed by atoms with van der Waals surface area (Å²) in [4.78, 5) is 13.0. The number of alkyl halides is 5. The molecule has 0 saturated carbocycles. The molecule has 0 unspecified atom stereocenters. The molecule has 0 bridgehead atoms. The molecule has 0 fully saturated rings. The van der Waals surface area contributed by atoms with E-state index in [0.717, 1.165) is 23.1 Å². The third kappa shape index (κ3) is 4.30. The lowest BCUT2D eigenvalue weighted by atomic mass is 10.1. The van der Waals surface area contributed by atoms with E-state index in [1.165, 1.54) is 0 Å². The van der Waals surface area contributed by atoms with Crippen LogP contribution in [-0.2, 0) is 17.3 Å². The molecule has 160 valence electrons. The van der Waals surface area contributed by atoms with Gasteiger partial charge in [-0.25, -0.2) is 0 Å². The first kappa shape index (κ1) is 20.6. The number of nitrogens with zero attached hydrogens (tertiary/aromatic N) is 1. The Morgan fingerprint density at radius 3 is 2.10 bits per heavy atom. The SMILES string of the molecule is O=C1N(Cc2ccc(Oc3ccccc3)cc2)c2cc(OC(F)(F)F)ccc2C1(F)F. The minimum Gasteiger partial charge on any atom is -0.457 e. The molecule has 0 aliphatic carbocycles. The Kier molecular flexibility index (Phi) is 5.04. The largest absolute Gasteiger partial charge is 0.573 e. The molecule has 3 aromatic rings. The zero-order valence-electron chi connectivity index (χ0n) is 15.7. The number of hydrogen-bond donors (Lipinski definition) is 0. The van der Waals surface area contributed by atoms with Crippen molar-refractivity contribution in [1.82, 2.24) is 0 Å². The Bertz CT molecular complexity index is 1100. The molecule has 0 atom stereocenters. The maximum absolute atomic E-state index is 14.4. The minimum atomic E-state index is -4.99. The van der Waals surface area contributed by atoms with Gasteiger partial charge >= 0.3 is 18.2 Å². The fourth-order valence-electron chi connectivity index (χ4n) is 3.22. The highest BCUT2D eigenvalue weighted by Crippen LogP contribution is 2.46. The lowest BCUT2D eigenvalue weighted by Gasteiger charge is -2.18. The molecule has 4 rings (SSSR count). The van der Waals surface area contributed by atoms with Crippen LogP contribution < -0.4 is 14.4 Å². The summed E-state index contributed by atoms with van der Waals surface area (Å²) in [6.07, 6.45) is -4.99. The first-order chi connectivity index (χ1) is 14.6. The van der Waals surface area contributed by atoms with Gasteiger partial charge in [0, 0.05) is 6.07 Å². The summed E-state index contributed by atoms with van der Waals surface area (Å²) < 4.78 is 75.7. The fraction of sp³-hybridized carbons (Fsp3) is 0.136. The van der Waals surface area contributed by atoms with Gasteiger partial charge in [0.25, 0.3) is 0 Å². The number of para-hydroxylation sites is 1. The number of benzene rings is 3. The maximum Gasteiger partial charge on any atom is 0.573 e. The molecular weight excluding hydrogens is 421 g/mol. The Labute approximate surface area is 173 Å². The molecule has 1 aliphatic heterocycles. The Morgan fingerprint density at radius 2 is 1.45 bits per heavy atom. The van der Waals surface area contributed by atoms with Gasteiger partial charge in [-0.1, -0.05) is 30.3 Å². The van der Waals surface area contributed by atoms with Gasteiger partial charge in [-0.2, -0.15) is 8.78 Å². The zero-order valence-corrected chi connectivity index (χ0v) is 15.7. The maximum atomic E-state index is 14.4. The van der Waals surface area contributed by atoms with Crippen LogP contribution in [0, 0.1) is 0 Å². The van der Waals surface area contributed by atoms with E-state index in [9.17, 15) is 26.7 Å². The average molecular weight is 435 g/mol. The Hall–Kier alpha value is -3.62. The first-order valence-corrected chi connectivity index (χ1v) is 9.05. The van der Waals surface area contributed by atoms with Crippen molar-refractivity contribution < 1.29 is 36.2 Å². The zero-order chi connectivity index (χ0) is 22.2. The lowest BCUT2D eigenvalue weighted by Crippen LogP contribution is -2.34. The molecule has 1 heterocycles. The smallest absolute Gasteiger partial charge is 0.457 e. The van der Waals surface area contributed by atoms with E-state index in [1.807, 2.05) is 6.07 Å². The van der Waals surface area contributed by atoms with Crippen LogP contribution in [-0.4, -0.2) is 12.3 Å². The normalized spacial score (nSPS) is 15.0. The standard InChI is InChI=1S/C22H14F5NO3/c23-21(24)18-11-10-17(31-22(25,26)27)12-19(18)28(20(21)29)13-14-6-8-16(9-7-14)30-15-4-2-1-3-5-15/h1-12H,13H2. The van der Waals surface area contributed by atoms with Crippen molar-refractivity contribution in [2.75, 3.05) is 4.90 Å². The number of fused-ring (bicyclic) bond motifs is 1. The van der Waals surface area contributed by atoms with E-state index < -0.39 is 29.5 Å². The summed E-state index contributed by atoms with van der Waals surface area (Å²) in [7, 11) is 0. The first-order valence-electron chi connectivity index (χ1n) is 9.05. The molecule has 0 aromatic heterocycles. The topological polar surface area (TPSA) is 38.8 Å². The number of rotatable bonds is 5. The van der Waals surface area contributed by atoms with Gasteiger partial charge in [0.05, 0.1) is 17.8 Å². The number of anilines is 1. The van der Waals surface area contributed by atoms with Crippen molar-refractivity contribution in [2.45, 2.75) is 18.8 Å². The predicted molar refractivity (Wildman–Crippen MR) is 101 cm³/mol. The van der Waals surface area contributed by atoms with Gasteiger partial charge in [0.2, 0.25) is 0 Å². The molecule has 0 N–H and O–H groups in total. The van der Waals surface area contributed by atoms with E-state index >= 15 is 0 Å². The van der Waals surface area contributed by atoms with Crippen LogP contribution >= 0.6 is 0 Å². The number of carbonyl (C=O) groups excluding carboxylic acids is 1. The van der Waals surface area contributed by atoms with Crippen LogP contribution in [0.25, 0.3) is 0 Å². The van der Waals surface area contributed by atoms with Crippen molar-refractivity contribution in [3.05, 3.63) is 83.9 Å². The van der Waals surface area contributed by atoms with Crippen molar-refractivity contribution in [1.29, 1.82) is 0 Å². The summed E-state index contributed by atoms with van der Waals surface area (Å²) >= 11 is 0. The molecular formula is C22H14F5NO3. The number of amides is 1. The molecule has 0 radical (unpaired) electrons. The number of carbonyl (C=O) groups is 1. The van der Waals surface area contributed by atoms with Gasteiger partial charge in [-0.05, 0) is 42.0 Å². The predicted octanol–water partition coefficient (Wildman–Crippen LogP) is 6.02. The van der Waals surface area contributed by atoms with Crippen LogP contribution in [0.15, 0.2) is 72.8 Å². The summed E-state index contributed by atoms with van der Waals surface area (Å²) in [5.74, 6) is -4.95. The molecule has 9 heteroatoms. The molecule has 4 nitrogen and oxygen atoms in total. The average Bonchev–Trinajstić information content (AvgIpc) is 2.89. The van der Waals surface area contributed by atoms with Gasteiger partial charge in [-0.15, -0.1) is 13.2 Å². The highest BCUT2D eigenvalue weighted by Gasteiger charge is 2.53. The van der Waals surface area contributed by atoms with Crippen LogP contribution in [0.2, 0.25) is 0 Å². The van der Waals surface area contributed by atoms with E-state index in [1.54, 1.807) is 48.5 Å². The number of halogens is 5. The highest BCUT2D eigenvalue weighted by atomic mass is 19.4. The van der Waals surface area contributed by atoms with Crippen LogP contribution in [0.3, 0.4) is 0 Å². The fourth-order valence-corrected chi connectivity index (χ4v) is 3.22. The lowest BCUT2D eigenvalue weighted by molar-refractivity contribution is -0.274. The summed E-state index contributed by atoms with van der Waals surface area (Å²) in [5, 5.41) is 0. The van der Waals surface area contributed by atoms with Gasteiger partial charge < -0.3 is 14.4 Å². The van der Waals surface area contributed by atoms with E-state index in [4.69, 9.17) is 4.74 Å². The second-order valence-corrected chi connectivity index (χ2v) is 6.75. The van der Waals surface area contributed by atoms with Crippen molar-refractivity contribution in [3.63, 3.8) is 0 Å². The van der Waals surface area contributed by atoms with Gasteiger partial charge in [-0.3, -0.25) is 4.79 Å². The molecule has 31 heavy (non-hydrogen) atoms. The third-order valence-corrected chi connectivity index (χ3v) is 4.59. The van der Waals surface area contributed by atoms with E-state index in [2.05, 4.69) is 4.74 Å². The number of hydrogen-bond acceptors (Lipinski definition) is 3. The monoisotopic (exact) mass is 435 g/mol. The second-order valence-electron chi connectivity index (χ2n) is 6.75. The van der Waals surface area contributed by atoms with E-state index in [0.29, 0.717) is 17.1 Å². The minimum absolute atomic E-state index is 0.261. The van der Waals surface area contributed by atoms with Crippen LogP contribution in [0.5, 0.6) is 17.2 Å². The summed E-state index contributed by atoms with van der Waals surface area (Å²) in [6.45, 7) is -0.261. The molecule has 1 amide bonds. The Balaban J connectivity index is 1.57. The molecule has 3 aromatic carbocycles. The third-order valence-electron chi connectivity index (χ3n) is 4.59. The molecule has 0 spiro atoms. The summed E-state index contributed by atoms with van der Waals surface area (Å²) in [6, 6.07) is 17.6. The van der Waals surface area contributed by atoms with Gasteiger partial charge in [0.15, 0.2) is 0 Å². The van der Waals surface area contributed by atoms with Crippen LogP contribution in [0.1, 0.15) is 11.1 Å². The van der Waals surface area contributed by atoms with Gasteiger partial charge in [0.1, 0.15) is 17.2 Å². The quantitative estimate of drug-likeness (QED) is 0.461. The second kappa shape index (κ2) is 7.57. The van der Waals surface area contributed by atoms with Crippen LogP contribution in [0.4, 0.5) is 27.6 Å². The molecule has 0 saturated heterocycles.